The van der Waals surface area contributed by atoms with E-state index in [0.717, 1.165) is 33.8 Å². The molecule has 0 radical (unpaired) electrons. The smallest absolute Gasteiger partial charge is 0.155 e. The molecule has 3 aromatic rings. The molecule has 0 atom stereocenters. The molecule has 5 nitrogen and oxygen atoms in total. The van der Waals surface area contributed by atoms with E-state index in [1.54, 1.807) is 0 Å². The average Bonchev–Trinajstić information content (AvgIpc) is 3.09. The van der Waals surface area contributed by atoms with Crippen LogP contribution in [0.2, 0.25) is 0 Å². The van der Waals surface area contributed by atoms with E-state index >= 15 is 0 Å². The van der Waals surface area contributed by atoms with E-state index in [1.165, 1.54) is 11.5 Å². The highest BCUT2D eigenvalue weighted by atomic mass is 32.1. The second kappa shape index (κ2) is 5.26. The van der Waals surface area contributed by atoms with E-state index in [-0.39, 0.29) is 6.04 Å². The van der Waals surface area contributed by atoms with Gasteiger partial charge >= 0.3 is 0 Å². The van der Waals surface area contributed by atoms with E-state index < -0.39 is 0 Å². The maximum atomic E-state index is 9.05. The molecule has 2 heterocycles. The standard InChI is InChI=1S/C15H15N5S/c1-4-11-14(21-19-18-11)15-17-12-7-10(8-16)5-6-13(12)20(15)9(2)3/h5-7,9H,4H2,1-3H3. The van der Waals surface area contributed by atoms with Crippen LogP contribution < -0.4 is 0 Å². The molecular formula is C15H15N5S. The van der Waals surface area contributed by atoms with Crippen LogP contribution in [0.4, 0.5) is 0 Å². The zero-order chi connectivity index (χ0) is 15.0. The Morgan fingerprint density at radius 1 is 1.38 bits per heavy atom. The molecule has 0 saturated heterocycles. The van der Waals surface area contributed by atoms with Crippen molar-refractivity contribution >= 4 is 22.6 Å². The highest BCUT2D eigenvalue weighted by molar-refractivity contribution is 7.09. The lowest BCUT2D eigenvalue weighted by atomic mass is 10.2. The number of fused-ring (bicyclic) bond motifs is 1. The molecule has 1 aromatic carbocycles. The number of hydrogen-bond donors (Lipinski definition) is 0. The first-order chi connectivity index (χ1) is 10.2. The Balaban J connectivity index is 2.32. The van der Waals surface area contributed by atoms with Crippen molar-refractivity contribution < 1.29 is 0 Å². The number of rotatable bonds is 3. The van der Waals surface area contributed by atoms with E-state index in [9.17, 15) is 0 Å². The van der Waals surface area contributed by atoms with Crippen molar-refractivity contribution in [2.45, 2.75) is 33.2 Å². The number of nitriles is 1. The Labute approximate surface area is 127 Å². The predicted octanol–water partition coefficient (Wildman–Crippen LogP) is 3.57. The van der Waals surface area contributed by atoms with Crippen molar-refractivity contribution in [3.63, 3.8) is 0 Å². The lowest BCUT2D eigenvalue weighted by Crippen LogP contribution is -2.03. The van der Waals surface area contributed by atoms with Gasteiger partial charge in [-0.3, -0.25) is 0 Å². The van der Waals surface area contributed by atoms with Crippen LogP contribution in [0.15, 0.2) is 18.2 Å². The summed E-state index contributed by atoms with van der Waals surface area (Å²) in [6, 6.07) is 8.06. The fraction of sp³-hybridized carbons (Fsp3) is 0.333. The van der Waals surface area contributed by atoms with E-state index in [2.05, 4.69) is 41.0 Å². The van der Waals surface area contributed by atoms with Crippen LogP contribution in [-0.2, 0) is 6.42 Å². The summed E-state index contributed by atoms with van der Waals surface area (Å²) in [5, 5.41) is 13.2. The Morgan fingerprint density at radius 2 is 2.19 bits per heavy atom. The molecule has 106 valence electrons. The number of nitrogens with zero attached hydrogens (tertiary/aromatic N) is 5. The van der Waals surface area contributed by atoms with E-state index in [4.69, 9.17) is 10.2 Å². The molecule has 6 heteroatoms. The fourth-order valence-corrected chi connectivity index (χ4v) is 3.20. The van der Waals surface area contributed by atoms with Gasteiger partial charge in [-0.05, 0) is 50.0 Å². The number of benzene rings is 1. The van der Waals surface area contributed by atoms with Gasteiger partial charge in [-0.15, -0.1) is 5.10 Å². The lowest BCUT2D eigenvalue weighted by Gasteiger charge is -2.12. The highest BCUT2D eigenvalue weighted by Crippen LogP contribution is 2.32. The van der Waals surface area contributed by atoms with Crippen LogP contribution in [0.25, 0.3) is 21.7 Å². The summed E-state index contributed by atoms with van der Waals surface area (Å²) in [5.74, 6) is 0.891. The Bertz CT molecular complexity index is 837. The number of aryl methyl sites for hydroxylation is 1. The molecule has 2 aromatic heterocycles. The molecule has 0 bridgehead atoms. The normalized spacial score (nSPS) is 11.2. The minimum Gasteiger partial charge on any atom is -0.321 e. The predicted molar refractivity (Wildman–Crippen MR) is 83.1 cm³/mol. The van der Waals surface area contributed by atoms with Gasteiger partial charge in [-0.2, -0.15) is 5.26 Å². The van der Waals surface area contributed by atoms with E-state index in [1.807, 2.05) is 18.2 Å². The summed E-state index contributed by atoms with van der Waals surface area (Å²) in [4.78, 5) is 5.75. The minimum absolute atomic E-state index is 0.268. The summed E-state index contributed by atoms with van der Waals surface area (Å²) in [5.41, 5.74) is 3.47. The molecular weight excluding hydrogens is 282 g/mol. The number of aromatic nitrogens is 4. The molecule has 3 rings (SSSR count). The number of imidazole rings is 1. The first-order valence-corrected chi connectivity index (χ1v) is 7.66. The van der Waals surface area contributed by atoms with Crippen LogP contribution in [0.1, 0.15) is 38.1 Å². The van der Waals surface area contributed by atoms with Crippen molar-refractivity contribution in [3.05, 3.63) is 29.5 Å². The molecule has 21 heavy (non-hydrogen) atoms. The van der Waals surface area contributed by atoms with Crippen LogP contribution in [0, 0.1) is 11.3 Å². The topological polar surface area (TPSA) is 67.4 Å². The average molecular weight is 297 g/mol. The Hall–Kier alpha value is -2.26. The summed E-state index contributed by atoms with van der Waals surface area (Å²) < 4.78 is 6.25. The number of hydrogen-bond acceptors (Lipinski definition) is 5. The third-order valence-electron chi connectivity index (χ3n) is 3.43. The Morgan fingerprint density at radius 3 is 2.86 bits per heavy atom. The summed E-state index contributed by atoms with van der Waals surface area (Å²) >= 11 is 1.37. The van der Waals surface area contributed by atoms with Crippen molar-refractivity contribution in [1.29, 1.82) is 5.26 Å². The van der Waals surface area contributed by atoms with Crippen LogP contribution in [0.3, 0.4) is 0 Å². The third-order valence-corrected chi connectivity index (χ3v) is 4.19. The quantitative estimate of drug-likeness (QED) is 0.741. The molecule has 0 fully saturated rings. The van der Waals surface area contributed by atoms with Gasteiger partial charge in [0.1, 0.15) is 4.88 Å². The highest BCUT2D eigenvalue weighted by Gasteiger charge is 2.19. The SMILES string of the molecule is CCc1nnsc1-c1nc2cc(C#N)ccc2n1C(C)C. The van der Waals surface area contributed by atoms with Crippen molar-refractivity contribution in [2.75, 3.05) is 0 Å². The molecule has 0 aliphatic rings. The maximum absolute atomic E-state index is 9.05. The zero-order valence-corrected chi connectivity index (χ0v) is 13.0. The summed E-state index contributed by atoms with van der Waals surface area (Å²) in [6.07, 6.45) is 0.830. The van der Waals surface area contributed by atoms with Gasteiger partial charge in [-0.1, -0.05) is 11.4 Å². The second-order valence-corrected chi connectivity index (χ2v) is 5.87. The van der Waals surface area contributed by atoms with Crippen molar-refractivity contribution in [2.24, 2.45) is 0 Å². The molecule has 0 unspecified atom stereocenters. The molecule has 0 aliphatic heterocycles. The monoisotopic (exact) mass is 297 g/mol. The zero-order valence-electron chi connectivity index (χ0n) is 12.2. The van der Waals surface area contributed by atoms with Crippen molar-refractivity contribution in [3.8, 4) is 16.8 Å². The van der Waals surface area contributed by atoms with Gasteiger partial charge in [0.25, 0.3) is 0 Å². The molecule has 0 aliphatic carbocycles. The summed E-state index contributed by atoms with van der Waals surface area (Å²) in [7, 11) is 0. The molecule has 0 N–H and O–H groups in total. The van der Waals surface area contributed by atoms with Crippen LogP contribution in [-0.4, -0.2) is 19.1 Å². The second-order valence-electron chi connectivity index (χ2n) is 5.12. The maximum Gasteiger partial charge on any atom is 0.155 e. The van der Waals surface area contributed by atoms with Gasteiger partial charge in [0, 0.05) is 6.04 Å². The Kier molecular flexibility index (Phi) is 3.43. The summed E-state index contributed by atoms with van der Waals surface area (Å²) in [6.45, 7) is 6.32. The van der Waals surface area contributed by atoms with Gasteiger partial charge in [0.15, 0.2) is 5.82 Å². The molecule has 0 spiro atoms. The third kappa shape index (κ3) is 2.20. The minimum atomic E-state index is 0.268. The van der Waals surface area contributed by atoms with Gasteiger partial charge < -0.3 is 4.57 Å². The van der Waals surface area contributed by atoms with Crippen LogP contribution in [0.5, 0.6) is 0 Å². The first kappa shape index (κ1) is 13.7. The lowest BCUT2D eigenvalue weighted by molar-refractivity contribution is 0.624. The van der Waals surface area contributed by atoms with Crippen molar-refractivity contribution in [1.82, 2.24) is 19.1 Å². The van der Waals surface area contributed by atoms with Gasteiger partial charge in [-0.25, -0.2) is 4.98 Å². The van der Waals surface area contributed by atoms with Gasteiger partial charge in [0.2, 0.25) is 0 Å². The van der Waals surface area contributed by atoms with Gasteiger partial charge in [0.05, 0.1) is 28.4 Å². The van der Waals surface area contributed by atoms with Crippen LogP contribution >= 0.6 is 11.5 Å². The molecule has 0 saturated carbocycles. The first-order valence-electron chi connectivity index (χ1n) is 6.89. The largest absolute Gasteiger partial charge is 0.321 e. The molecule has 0 amide bonds. The van der Waals surface area contributed by atoms with E-state index in [0.29, 0.717) is 5.56 Å². The fourth-order valence-electron chi connectivity index (χ4n) is 2.46.